The molecule has 0 aliphatic carbocycles. The van der Waals surface area contributed by atoms with Gasteiger partial charge < -0.3 is 28.4 Å². The van der Waals surface area contributed by atoms with Crippen molar-refractivity contribution < 1.29 is 57.2 Å². The minimum atomic E-state index is -0.419. The van der Waals surface area contributed by atoms with Crippen LogP contribution in [-0.4, -0.2) is 63.1 Å². The van der Waals surface area contributed by atoms with Crippen LogP contribution in [0.25, 0.3) is 0 Å². The molecule has 9 aromatic carbocycles. The number of carbonyl (C=O) groups is 6. The molecule has 0 aliphatic rings. The molecular weight excluding hydrogens is 985 g/mol. The summed E-state index contributed by atoms with van der Waals surface area (Å²) in [6.45, 7) is 0.345. The topological polar surface area (TPSA) is 158 Å². The van der Waals surface area contributed by atoms with E-state index in [2.05, 4.69) is 0 Å². The summed E-state index contributed by atoms with van der Waals surface area (Å²) in [4.78, 5) is 84.0. The normalized spacial score (nSPS) is 10.7. The van der Waals surface area contributed by atoms with Crippen LogP contribution in [0.4, 0.5) is 0 Å². The van der Waals surface area contributed by atoms with Gasteiger partial charge in [-0.3, -0.25) is 28.8 Å². The molecule has 0 bridgehead atoms. The van der Waals surface area contributed by atoms with Crippen molar-refractivity contribution in [1.29, 1.82) is 0 Å². The molecule has 0 heterocycles. The van der Waals surface area contributed by atoms with E-state index in [1.165, 1.54) is 64.8 Å². The van der Waals surface area contributed by atoms with Crippen LogP contribution >= 0.6 is 0 Å². The van der Waals surface area contributed by atoms with Gasteiger partial charge >= 0.3 is 0 Å². The Bertz CT molecular complexity index is 3360. The molecule has 12 heteroatoms. The highest BCUT2D eigenvalue weighted by molar-refractivity contribution is 6.19. The Hall–Kier alpha value is -10.2. The van der Waals surface area contributed by atoms with Crippen LogP contribution in [0, 0.1) is 0 Å². The Morgan fingerprint density at radius 2 is 0.436 bits per heavy atom. The van der Waals surface area contributed by atoms with Gasteiger partial charge in [0, 0.05) is 66.8 Å². The van der Waals surface area contributed by atoms with Gasteiger partial charge in [0.05, 0.1) is 28.4 Å². The second kappa shape index (κ2) is 24.0. The molecule has 0 radical (unpaired) electrons. The van der Waals surface area contributed by atoms with E-state index >= 15 is 0 Å². The Morgan fingerprint density at radius 1 is 0.244 bits per heavy atom. The minimum Gasteiger partial charge on any atom is -0.497 e. The van der Waals surface area contributed by atoms with Crippen molar-refractivity contribution in [3.63, 3.8) is 0 Å². The molecule has 0 aliphatic heterocycles. The maximum atomic E-state index is 14.2. The second-order valence-electron chi connectivity index (χ2n) is 18.0. The Balaban J connectivity index is 0.876. The van der Waals surface area contributed by atoms with E-state index in [0.717, 1.165) is 11.1 Å². The zero-order valence-corrected chi connectivity index (χ0v) is 42.9. The van der Waals surface area contributed by atoms with Crippen molar-refractivity contribution in [2.24, 2.45) is 0 Å². The van der Waals surface area contributed by atoms with Gasteiger partial charge in [-0.05, 0) is 120 Å². The SMILES string of the molecule is COc1cccc(C(=O)c2cc(C(=O)c3cccc(OC)c3)cc(C(=O)c3cccc(OCc4ccc(COc5cccc(C(=O)c6cc(C(=O)c7cccc(OC)c7)cc(C(=O)c7cccc(OC)c7)c6)c5)cc4)c3)c2)c1. The van der Waals surface area contributed by atoms with Crippen molar-refractivity contribution in [2.45, 2.75) is 13.2 Å². The van der Waals surface area contributed by atoms with Gasteiger partial charge in [0.15, 0.2) is 34.7 Å². The molecule has 0 fully saturated rings. The van der Waals surface area contributed by atoms with Crippen LogP contribution in [0.15, 0.2) is 206 Å². The molecule has 0 saturated heterocycles. The lowest BCUT2D eigenvalue weighted by molar-refractivity contribution is 0.101. The Labute approximate surface area is 450 Å². The van der Waals surface area contributed by atoms with Crippen LogP contribution < -0.4 is 28.4 Å². The maximum Gasteiger partial charge on any atom is 0.193 e. The van der Waals surface area contributed by atoms with Gasteiger partial charge in [-0.15, -0.1) is 0 Å². The number of hydrogen-bond donors (Lipinski definition) is 0. The smallest absolute Gasteiger partial charge is 0.193 e. The molecular formula is C66H50O12. The monoisotopic (exact) mass is 1030 g/mol. The zero-order chi connectivity index (χ0) is 54.7. The van der Waals surface area contributed by atoms with E-state index in [1.54, 1.807) is 146 Å². The molecule has 0 atom stereocenters. The molecule has 9 rings (SSSR count). The largest absolute Gasteiger partial charge is 0.497 e. The highest BCUT2D eigenvalue weighted by atomic mass is 16.5. The Kier molecular flexibility index (Phi) is 16.2. The molecule has 0 aromatic heterocycles. The molecule has 0 saturated carbocycles. The lowest BCUT2D eigenvalue weighted by Gasteiger charge is -2.12. The first-order valence-electron chi connectivity index (χ1n) is 24.6. The molecule has 0 spiro atoms. The number of ketones is 6. The first-order valence-corrected chi connectivity index (χ1v) is 24.6. The molecule has 0 amide bonds. The van der Waals surface area contributed by atoms with E-state index in [-0.39, 0.29) is 57.7 Å². The number of benzene rings is 9. The third-order valence-electron chi connectivity index (χ3n) is 12.8. The fourth-order valence-corrected chi connectivity index (χ4v) is 8.62. The van der Waals surface area contributed by atoms with Gasteiger partial charge in [0.2, 0.25) is 0 Å². The standard InChI is InChI=1S/C66H50O12/c1-73-55-17-5-11-43(33-55)61(67)49-27-50(62(68)44-12-6-18-56(34-44)74-2)30-53(29-49)65(71)47-15-9-21-59(37-47)77-39-41-23-25-42(26-24-41)40-78-60-22-10-16-48(38-60)66(72)54-31-51(63(69)45-13-7-19-57(35-45)75-3)28-52(32-54)64(70)46-14-8-20-58(36-46)76-4/h5-38H,39-40H2,1-4H3. The van der Waals surface area contributed by atoms with Gasteiger partial charge in [-0.2, -0.15) is 0 Å². The molecule has 78 heavy (non-hydrogen) atoms. The summed E-state index contributed by atoms with van der Waals surface area (Å²) in [5.41, 5.74) is 4.43. The third kappa shape index (κ3) is 12.3. The zero-order valence-electron chi connectivity index (χ0n) is 42.9. The van der Waals surface area contributed by atoms with Gasteiger partial charge in [0.25, 0.3) is 0 Å². The fourth-order valence-electron chi connectivity index (χ4n) is 8.62. The summed E-state index contributed by atoms with van der Waals surface area (Å²) in [5, 5.41) is 0. The summed E-state index contributed by atoms with van der Waals surface area (Å²) < 4.78 is 33.6. The van der Waals surface area contributed by atoms with Crippen LogP contribution in [0.3, 0.4) is 0 Å². The highest BCUT2D eigenvalue weighted by Crippen LogP contribution is 2.28. The lowest BCUT2D eigenvalue weighted by Crippen LogP contribution is -2.11. The van der Waals surface area contributed by atoms with Crippen molar-refractivity contribution in [3.8, 4) is 34.5 Å². The van der Waals surface area contributed by atoms with Crippen LogP contribution in [0.1, 0.15) is 107 Å². The second-order valence-corrected chi connectivity index (χ2v) is 18.0. The Morgan fingerprint density at radius 3 is 0.641 bits per heavy atom. The summed E-state index contributed by atoms with van der Waals surface area (Å²) in [5.74, 6) is 0.371. The van der Waals surface area contributed by atoms with Crippen LogP contribution in [0.5, 0.6) is 34.5 Å². The molecule has 0 unspecified atom stereocenters. The van der Waals surface area contributed by atoms with Crippen molar-refractivity contribution in [1.82, 2.24) is 0 Å². The first-order chi connectivity index (χ1) is 37.9. The van der Waals surface area contributed by atoms with Crippen molar-refractivity contribution >= 4 is 34.7 Å². The third-order valence-corrected chi connectivity index (χ3v) is 12.8. The van der Waals surface area contributed by atoms with Gasteiger partial charge in [-0.25, -0.2) is 0 Å². The fraction of sp³-hybridized carbons (Fsp3) is 0.0909. The maximum absolute atomic E-state index is 14.2. The number of hydrogen-bond acceptors (Lipinski definition) is 12. The summed E-state index contributed by atoms with van der Waals surface area (Å²) in [6.07, 6.45) is 0. The quantitative estimate of drug-likeness (QED) is 0.0593. The summed E-state index contributed by atoms with van der Waals surface area (Å²) in [6, 6.07) is 56.5. The van der Waals surface area contributed by atoms with E-state index in [9.17, 15) is 28.8 Å². The average Bonchev–Trinajstić information content (AvgIpc) is 3.52. The molecule has 0 N–H and O–H groups in total. The lowest BCUT2D eigenvalue weighted by atomic mass is 9.92. The predicted octanol–water partition coefficient (Wildman–Crippen LogP) is 12.3. The molecule has 9 aromatic rings. The number of ether oxygens (including phenoxy) is 6. The molecule has 12 nitrogen and oxygen atoms in total. The van der Waals surface area contributed by atoms with Crippen LogP contribution in [0.2, 0.25) is 0 Å². The number of rotatable bonds is 22. The number of carbonyl (C=O) groups excluding carboxylic acids is 6. The van der Waals surface area contributed by atoms with E-state index in [1.807, 2.05) is 24.3 Å². The van der Waals surface area contributed by atoms with Gasteiger partial charge in [-0.1, -0.05) is 97.1 Å². The van der Waals surface area contributed by atoms with Crippen molar-refractivity contribution in [2.75, 3.05) is 28.4 Å². The van der Waals surface area contributed by atoms with Gasteiger partial charge in [0.1, 0.15) is 47.7 Å². The van der Waals surface area contributed by atoms with E-state index in [4.69, 9.17) is 28.4 Å². The van der Waals surface area contributed by atoms with Crippen LogP contribution in [-0.2, 0) is 13.2 Å². The van der Waals surface area contributed by atoms with Crippen molar-refractivity contribution in [3.05, 3.63) is 284 Å². The first kappa shape index (κ1) is 52.7. The summed E-state index contributed by atoms with van der Waals surface area (Å²) in [7, 11) is 6.01. The van der Waals surface area contributed by atoms with E-state index in [0.29, 0.717) is 56.8 Å². The summed E-state index contributed by atoms with van der Waals surface area (Å²) >= 11 is 0. The highest BCUT2D eigenvalue weighted by Gasteiger charge is 2.23. The number of methoxy groups -OCH3 is 4. The van der Waals surface area contributed by atoms with E-state index < -0.39 is 34.7 Å². The minimum absolute atomic E-state index is 0.139. The predicted molar refractivity (Wildman–Crippen MR) is 293 cm³/mol. The molecule has 386 valence electrons. The average molecular weight is 1040 g/mol.